The van der Waals surface area contributed by atoms with Crippen LogP contribution in [0.5, 0.6) is 0 Å². The standard InChI is InChI=1S/C23H24O2/c1-19-16-14-8-2-3-9-15(14)17(19)21-11-5-7-13-23(21,25-21)18(19)22-12-6-4-10-20(16,22)24-22/h2-7,16-18H,8-13H2,1H3/t16?,17?,18?,19?,20-,21-,22+,23+/m1/s1. The molecule has 2 heterocycles. The van der Waals surface area contributed by atoms with Crippen molar-refractivity contribution in [1.29, 1.82) is 0 Å². The van der Waals surface area contributed by atoms with Crippen LogP contribution in [-0.2, 0) is 9.47 Å². The number of epoxide rings is 2. The van der Waals surface area contributed by atoms with Gasteiger partial charge in [0.25, 0.3) is 0 Å². The van der Waals surface area contributed by atoms with Crippen molar-refractivity contribution in [3.63, 3.8) is 0 Å². The Bertz CT molecular complexity index is 826. The summed E-state index contributed by atoms with van der Waals surface area (Å²) < 4.78 is 13.7. The van der Waals surface area contributed by atoms with Gasteiger partial charge in [-0.3, -0.25) is 0 Å². The van der Waals surface area contributed by atoms with E-state index < -0.39 is 0 Å². The zero-order valence-corrected chi connectivity index (χ0v) is 14.8. The van der Waals surface area contributed by atoms with Gasteiger partial charge < -0.3 is 9.47 Å². The second-order valence-corrected chi connectivity index (χ2v) is 10.1. The summed E-state index contributed by atoms with van der Waals surface area (Å²) >= 11 is 0. The molecule has 6 atom stereocenters. The zero-order chi connectivity index (χ0) is 16.3. The molecule has 2 saturated heterocycles. The van der Waals surface area contributed by atoms with Gasteiger partial charge in [0.1, 0.15) is 22.4 Å². The van der Waals surface area contributed by atoms with Crippen LogP contribution in [0, 0.1) is 23.2 Å². The molecule has 2 aliphatic heterocycles. The first-order valence-corrected chi connectivity index (χ1v) is 10.2. The highest BCUT2D eigenvalue weighted by atomic mass is 16.7. The molecule has 0 bridgehead atoms. The molecule has 0 N–H and O–H groups in total. The Morgan fingerprint density at radius 3 is 1.60 bits per heavy atom. The van der Waals surface area contributed by atoms with Gasteiger partial charge in [0.15, 0.2) is 0 Å². The Morgan fingerprint density at radius 2 is 1.12 bits per heavy atom. The van der Waals surface area contributed by atoms with E-state index in [4.69, 9.17) is 9.47 Å². The van der Waals surface area contributed by atoms with Gasteiger partial charge in [-0.05, 0) is 43.9 Å². The predicted molar refractivity (Wildman–Crippen MR) is 93.8 cm³/mol. The van der Waals surface area contributed by atoms with Crippen molar-refractivity contribution < 1.29 is 9.47 Å². The van der Waals surface area contributed by atoms with Crippen molar-refractivity contribution in [3.8, 4) is 0 Å². The molecule has 128 valence electrons. The summed E-state index contributed by atoms with van der Waals surface area (Å²) in [4.78, 5) is 0. The van der Waals surface area contributed by atoms with Gasteiger partial charge in [0.05, 0.1) is 0 Å². The molecule has 0 aromatic heterocycles. The number of hydrogen-bond acceptors (Lipinski definition) is 2. The molecule has 2 unspecified atom stereocenters. The summed E-state index contributed by atoms with van der Waals surface area (Å²) in [6, 6.07) is 0. The molecule has 6 aliphatic carbocycles. The van der Waals surface area contributed by atoms with Gasteiger partial charge >= 0.3 is 0 Å². The highest BCUT2D eigenvalue weighted by Gasteiger charge is 3.01. The largest absolute Gasteiger partial charge is 0.361 e. The second kappa shape index (κ2) is 3.27. The van der Waals surface area contributed by atoms with Gasteiger partial charge in [-0.25, -0.2) is 0 Å². The molecule has 8 aliphatic rings. The molecule has 8 rings (SSSR count). The van der Waals surface area contributed by atoms with Crippen molar-refractivity contribution in [2.45, 2.75) is 67.9 Å². The molecule has 0 amide bonds. The lowest BCUT2D eigenvalue weighted by Gasteiger charge is -2.40. The Balaban J connectivity index is 1.47. The average molecular weight is 332 g/mol. The van der Waals surface area contributed by atoms with E-state index in [-0.39, 0.29) is 22.4 Å². The summed E-state index contributed by atoms with van der Waals surface area (Å²) in [5.41, 5.74) is 4.19. The Kier molecular flexibility index (Phi) is 1.71. The maximum Gasteiger partial charge on any atom is 0.109 e. The van der Waals surface area contributed by atoms with Crippen molar-refractivity contribution in [2.24, 2.45) is 23.2 Å². The molecule has 25 heavy (non-hydrogen) atoms. The molecule has 2 heteroatoms. The summed E-state index contributed by atoms with van der Waals surface area (Å²) in [7, 11) is 0. The van der Waals surface area contributed by atoms with E-state index in [0.717, 1.165) is 38.5 Å². The maximum atomic E-state index is 6.86. The van der Waals surface area contributed by atoms with E-state index in [1.54, 1.807) is 11.1 Å². The molecule has 0 aromatic carbocycles. The van der Waals surface area contributed by atoms with Crippen LogP contribution in [0.1, 0.15) is 45.4 Å². The van der Waals surface area contributed by atoms with Crippen LogP contribution in [0.3, 0.4) is 0 Å². The van der Waals surface area contributed by atoms with Gasteiger partial charge in [-0.15, -0.1) is 0 Å². The molecule has 0 aromatic rings. The van der Waals surface area contributed by atoms with Crippen molar-refractivity contribution >= 4 is 0 Å². The molecular formula is C23H24O2. The number of fused-ring (bicyclic) bond motifs is 2. The first-order valence-electron chi connectivity index (χ1n) is 10.2. The average Bonchev–Trinajstić information content (AvgIpc) is 3.39. The molecule has 4 fully saturated rings. The molecular weight excluding hydrogens is 308 g/mol. The first-order chi connectivity index (χ1) is 12.2. The van der Waals surface area contributed by atoms with Gasteiger partial charge in [0.2, 0.25) is 0 Å². The van der Waals surface area contributed by atoms with Gasteiger partial charge in [-0.1, -0.05) is 54.5 Å². The normalized spacial score (nSPS) is 65.9. The fourth-order valence-electron chi connectivity index (χ4n) is 9.66. The third kappa shape index (κ3) is 0.924. The van der Waals surface area contributed by atoms with Crippen LogP contribution in [0.25, 0.3) is 0 Å². The minimum absolute atomic E-state index is 0.0720. The second-order valence-electron chi connectivity index (χ2n) is 10.1. The van der Waals surface area contributed by atoms with Crippen LogP contribution < -0.4 is 0 Å². The zero-order valence-electron chi connectivity index (χ0n) is 14.8. The van der Waals surface area contributed by atoms with E-state index in [1.807, 2.05) is 0 Å². The number of ether oxygens (including phenoxy) is 2. The predicted octanol–water partition coefficient (Wildman–Crippen LogP) is 4.24. The van der Waals surface area contributed by atoms with Crippen molar-refractivity contribution in [3.05, 3.63) is 47.6 Å². The van der Waals surface area contributed by atoms with E-state index in [2.05, 4.69) is 43.4 Å². The van der Waals surface area contributed by atoms with Crippen molar-refractivity contribution in [2.75, 3.05) is 0 Å². The van der Waals surface area contributed by atoms with E-state index in [9.17, 15) is 0 Å². The van der Waals surface area contributed by atoms with E-state index in [0.29, 0.717) is 23.2 Å². The lowest BCUT2D eigenvalue weighted by Crippen LogP contribution is -2.43. The van der Waals surface area contributed by atoms with Gasteiger partial charge in [-0.2, -0.15) is 0 Å². The van der Waals surface area contributed by atoms with Gasteiger partial charge in [0, 0.05) is 17.8 Å². The topological polar surface area (TPSA) is 25.1 Å². The fraction of sp³-hybridized carbons (Fsp3) is 0.652. The number of hydrogen-bond donors (Lipinski definition) is 0. The third-order valence-electron chi connectivity index (χ3n) is 9.78. The lowest BCUT2D eigenvalue weighted by atomic mass is 9.67. The molecule has 0 spiro atoms. The van der Waals surface area contributed by atoms with Crippen molar-refractivity contribution in [1.82, 2.24) is 0 Å². The fourth-order valence-corrected chi connectivity index (χ4v) is 9.66. The van der Waals surface area contributed by atoms with E-state index in [1.165, 1.54) is 0 Å². The Labute approximate surface area is 148 Å². The van der Waals surface area contributed by atoms with Crippen LogP contribution in [-0.4, -0.2) is 22.4 Å². The minimum atomic E-state index is 0.0720. The summed E-state index contributed by atoms with van der Waals surface area (Å²) in [6.07, 6.45) is 21.2. The number of rotatable bonds is 0. The monoisotopic (exact) mass is 332 g/mol. The van der Waals surface area contributed by atoms with Crippen LogP contribution in [0.4, 0.5) is 0 Å². The number of allylic oxidation sites excluding steroid dienone is 2. The molecule has 0 radical (unpaired) electrons. The minimum Gasteiger partial charge on any atom is -0.361 e. The van der Waals surface area contributed by atoms with Crippen LogP contribution >= 0.6 is 0 Å². The highest BCUT2D eigenvalue weighted by Crippen LogP contribution is 2.93. The quantitative estimate of drug-likeness (QED) is 0.489. The Morgan fingerprint density at radius 1 is 0.680 bits per heavy atom. The highest BCUT2D eigenvalue weighted by molar-refractivity contribution is 5.60. The van der Waals surface area contributed by atoms with Crippen LogP contribution in [0.15, 0.2) is 47.6 Å². The third-order valence-corrected chi connectivity index (χ3v) is 9.78. The van der Waals surface area contributed by atoms with E-state index >= 15 is 0 Å². The molecule has 2 saturated carbocycles. The SMILES string of the molecule is CC12C3[C@@]45CC=CC[C@@]4(O5)C1C1=C(CC=CC1)C2[C@]12CC=CC[C@]31O2. The first kappa shape index (κ1) is 13.1. The summed E-state index contributed by atoms with van der Waals surface area (Å²) in [5, 5.41) is 0. The van der Waals surface area contributed by atoms with Crippen LogP contribution in [0.2, 0.25) is 0 Å². The maximum absolute atomic E-state index is 6.86. The Hall–Kier alpha value is -1.12. The lowest BCUT2D eigenvalue weighted by molar-refractivity contribution is -0.0457. The summed E-state index contributed by atoms with van der Waals surface area (Å²) in [6.45, 7) is 2.64. The summed E-state index contributed by atoms with van der Waals surface area (Å²) in [5.74, 6) is 1.83. The molecule has 2 nitrogen and oxygen atoms in total. The smallest absolute Gasteiger partial charge is 0.109 e.